The van der Waals surface area contributed by atoms with E-state index in [9.17, 15) is 26.3 Å². The molecule has 3 rings (SSSR count). The van der Waals surface area contributed by atoms with E-state index < -0.39 is 23.5 Å². The van der Waals surface area contributed by atoms with E-state index in [2.05, 4.69) is 5.32 Å². The molecule has 0 aromatic heterocycles. The molecule has 0 aliphatic carbocycles. The van der Waals surface area contributed by atoms with Crippen molar-refractivity contribution in [2.75, 3.05) is 5.32 Å². The smallest absolute Gasteiger partial charge is 0.355 e. The fourth-order valence-electron chi connectivity index (χ4n) is 3.11. The molecule has 0 saturated carbocycles. The van der Waals surface area contributed by atoms with Gasteiger partial charge in [0, 0.05) is 16.8 Å². The molecule has 0 saturated heterocycles. The number of halogens is 6. The van der Waals surface area contributed by atoms with Crippen molar-refractivity contribution in [2.45, 2.75) is 32.1 Å². The maximum Gasteiger partial charge on any atom is 0.416 e. The first kappa shape index (κ1) is 20.0. The molecule has 0 heterocycles. The summed E-state index contributed by atoms with van der Waals surface area (Å²) in [6, 6.07) is 12.5. The first-order valence-corrected chi connectivity index (χ1v) is 8.66. The highest BCUT2D eigenvalue weighted by Gasteiger charge is 2.37. The van der Waals surface area contributed by atoms with Crippen LogP contribution in [0.25, 0.3) is 10.8 Å². The van der Waals surface area contributed by atoms with Crippen LogP contribution >= 0.6 is 0 Å². The lowest BCUT2D eigenvalue weighted by atomic mass is 10.00. The van der Waals surface area contributed by atoms with Gasteiger partial charge in [0.25, 0.3) is 0 Å². The minimum atomic E-state index is -4.89. The summed E-state index contributed by atoms with van der Waals surface area (Å²) in [5.41, 5.74) is -1.60. The summed E-state index contributed by atoms with van der Waals surface area (Å²) in [7, 11) is 0. The van der Waals surface area contributed by atoms with Crippen molar-refractivity contribution in [3.05, 3.63) is 71.3 Å². The Labute approximate surface area is 158 Å². The third-order valence-corrected chi connectivity index (χ3v) is 4.39. The van der Waals surface area contributed by atoms with Crippen molar-refractivity contribution in [2.24, 2.45) is 0 Å². The zero-order valence-electron chi connectivity index (χ0n) is 14.9. The van der Waals surface area contributed by atoms with Gasteiger partial charge in [-0.15, -0.1) is 0 Å². The number of fused-ring (bicyclic) bond motifs is 1. The van der Waals surface area contributed by atoms with Gasteiger partial charge in [-0.05, 0) is 35.6 Å². The average molecular weight is 397 g/mol. The number of aryl methyl sites for hydroxylation is 1. The number of hydrogen-bond acceptors (Lipinski definition) is 1. The number of rotatable bonds is 4. The maximum atomic E-state index is 13.1. The van der Waals surface area contributed by atoms with Gasteiger partial charge in [0.1, 0.15) is 0 Å². The summed E-state index contributed by atoms with van der Waals surface area (Å²) in [5.74, 6) is 0. The van der Waals surface area contributed by atoms with Crippen molar-refractivity contribution in [1.82, 2.24) is 0 Å². The van der Waals surface area contributed by atoms with Gasteiger partial charge in [0.2, 0.25) is 0 Å². The molecule has 0 atom stereocenters. The van der Waals surface area contributed by atoms with Crippen LogP contribution in [0.4, 0.5) is 37.7 Å². The van der Waals surface area contributed by atoms with Crippen molar-refractivity contribution in [3.63, 3.8) is 0 Å². The molecule has 0 bridgehead atoms. The van der Waals surface area contributed by atoms with Crippen LogP contribution in [0.1, 0.15) is 30.0 Å². The van der Waals surface area contributed by atoms with Crippen LogP contribution < -0.4 is 5.32 Å². The topological polar surface area (TPSA) is 12.0 Å². The Hall–Kier alpha value is -2.70. The summed E-state index contributed by atoms with van der Waals surface area (Å²) in [4.78, 5) is 0. The fraction of sp³-hybridized carbons (Fsp3) is 0.238. The highest BCUT2D eigenvalue weighted by Crippen LogP contribution is 2.39. The molecule has 0 aliphatic heterocycles. The highest BCUT2D eigenvalue weighted by atomic mass is 19.4. The van der Waals surface area contributed by atoms with Gasteiger partial charge in [-0.2, -0.15) is 26.3 Å². The predicted octanol–water partition coefficient (Wildman–Crippen LogP) is 7.57. The molecular weight excluding hydrogens is 380 g/mol. The van der Waals surface area contributed by atoms with Gasteiger partial charge in [0.15, 0.2) is 0 Å². The third kappa shape index (κ3) is 4.24. The molecule has 0 amide bonds. The SMILES string of the molecule is CCCc1ccc2ccccc2c1Nc1cc(C(F)(F)F)cc(C(F)(F)F)c1. The molecule has 0 fully saturated rings. The standard InChI is InChI=1S/C21H17F6N/c1-2-5-14-9-8-13-6-3-4-7-18(13)19(14)28-17-11-15(20(22,23)24)10-16(12-17)21(25,26)27/h3-4,6-12,28H,2,5H2,1H3. The Morgan fingerprint density at radius 3 is 1.96 bits per heavy atom. The van der Waals surface area contributed by atoms with Crippen LogP contribution in [0, 0.1) is 0 Å². The molecule has 0 unspecified atom stereocenters. The summed E-state index contributed by atoms with van der Waals surface area (Å²) in [6.07, 6.45) is -8.35. The molecule has 3 aromatic rings. The number of alkyl halides is 6. The molecule has 7 heteroatoms. The van der Waals surface area contributed by atoms with Crippen molar-refractivity contribution >= 4 is 22.1 Å². The molecule has 3 aromatic carbocycles. The van der Waals surface area contributed by atoms with E-state index in [1.165, 1.54) is 0 Å². The second-order valence-electron chi connectivity index (χ2n) is 6.49. The molecule has 0 aliphatic rings. The molecule has 1 N–H and O–H groups in total. The minimum Gasteiger partial charge on any atom is -0.355 e. The quantitative estimate of drug-likeness (QED) is 0.448. The van der Waals surface area contributed by atoms with Gasteiger partial charge in [-0.1, -0.05) is 49.7 Å². The summed E-state index contributed by atoms with van der Waals surface area (Å²) >= 11 is 0. The van der Waals surface area contributed by atoms with Crippen LogP contribution in [0.15, 0.2) is 54.6 Å². The molecule has 148 valence electrons. The van der Waals surface area contributed by atoms with E-state index in [-0.39, 0.29) is 11.8 Å². The highest BCUT2D eigenvalue weighted by molar-refractivity contribution is 5.97. The lowest BCUT2D eigenvalue weighted by molar-refractivity contribution is -0.143. The molecule has 0 spiro atoms. The van der Waals surface area contributed by atoms with E-state index in [0.717, 1.165) is 22.8 Å². The van der Waals surface area contributed by atoms with Crippen LogP contribution in [0.2, 0.25) is 0 Å². The summed E-state index contributed by atoms with van der Waals surface area (Å²) in [6.45, 7) is 1.95. The number of nitrogens with one attached hydrogen (secondary N) is 1. The second kappa shape index (κ2) is 7.37. The fourth-order valence-corrected chi connectivity index (χ4v) is 3.11. The number of benzene rings is 3. The van der Waals surface area contributed by atoms with E-state index in [0.29, 0.717) is 24.2 Å². The zero-order valence-corrected chi connectivity index (χ0v) is 14.9. The normalized spacial score (nSPS) is 12.4. The van der Waals surface area contributed by atoms with E-state index >= 15 is 0 Å². The van der Waals surface area contributed by atoms with Gasteiger partial charge in [-0.3, -0.25) is 0 Å². The number of anilines is 2. The largest absolute Gasteiger partial charge is 0.416 e. The zero-order chi connectivity index (χ0) is 20.5. The lowest BCUT2D eigenvalue weighted by Crippen LogP contribution is -2.11. The van der Waals surface area contributed by atoms with Gasteiger partial charge >= 0.3 is 12.4 Å². The van der Waals surface area contributed by atoms with Crippen LogP contribution in [0.3, 0.4) is 0 Å². The second-order valence-corrected chi connectivity index (χ2v) is 6.49. The number of hydrogen-bond donors (Lipinski definition) is 1. The maximum absolute atomic E-state index is 13.1. The van der Waals surface area contributed by atoms with Crippen LogP contribution in [-0.4, -0.2) is 0 Å². The Morgan fingerprint density at radius 1 is 0.786 bits per heavy atom. The first-order chi connectivity index (χ1) is 13.1. The molecule has 0 radical (unpaired) electrons. The summed E-state index contributed by atoms with van der Waals surface area (Å²) in [5, 5.41) is 4.40. The monoisotopic (exact) mass is 397 g/mol. The van der Waals surface area contributed by atoms with Crippen molar-refractivity contribution in [3.8, 4) is 0 Å². The Balaban J connectivity index is 2.17. The summed E-state index contributed by atoms with van der Waals surface area (Å²) < 4.78 is 78.8. The van der Waals surface area contributed by atoms with E-state index in [1.54, 1.807) is 12.1 Å². The van der Waals surface area contributed by atoms with Crippen molar-refractivity contribution in [1.29, 1.82) is 0 Å². The van der Waals surface area contributed by atoms with E-state index in [1.807, 2.05) is 31.2 Å². The predicted molar refractivity (Wildman–Crippen MR) is 97.7 cm³/mol. The first-order valence-electron chi connectivity index (χ1n) is 8.66. The molecule has 1 nitrogen and oxygen atoms in total. The Morgan fingerprint density at radius 2 is 1.39 bits per heavy atom. The Kier molecular flexibility index (Phi) is 5.28. The van der Waals surface area contributed by atoms with Gasteiger partial charge in [0.05, 0.1) is 11.1 Å². The average Bonchev–Trinajstić information content (AvgIpc) is 2.62. The van der Waals surface area contributed by atoms with Crippen LogP contribution in [-0.2, 0) is 18.8 Å². The van der Waals surface area contributed by atoms with Gasteiger partial charge < -0.3 is 5.32 Å². The third-order valence-electron chi connectivity index (χ3n) is 4.39. The van der Waals surface area contributed by atoms with Gasteiger partial charge in [-0.25, -0.2) is 0 Å². The van der Waals surface area contributed by atoms with Crippen molar-refractivity contribution < 1.29 is 26.3 Å². The van der Waals surface area contributed by atoms with E-state index in [4.69, 9.17) is 0 Å². The Bertz CT molecular complexity index is 956. The molecule has 28 heavy (non-hydrogen) atoms. The lowest BCUT2D eigenvalue weighted by Gasteiger charge is -2.18. The molecular formula is C21H17F6N. The van der Waals surface area contributed by atoms with Crippen LogP contribution in [0.5, 0.6) is 0 Å². The minimum absolute atomic E-state index is 0.126.